The molecule has 1 unspecified atom stereocenters. The quantitative estimate of drug-likeness (QED) is 0.778. The number of hydrogen-bond donors (Lipinski definition) is 1. The molecule has 2 aromatic carbocycles. The van der Waals surface area contributed by atoms with Gasteiger partial charge < -0.3 is 10.2 Å². The van der Waals surface area contributed by atoms with Gasteiger partial charge in [-0.05, 0) is 17.4 Å². The SMILES string of the molecule is CC1(C)CC(=O)C2=C(C1)N1CCNC1=C(C(=O)c1ccccc1)C2c1ccccc1. The lowest BCUT2D eigenvalue weighted by Crippen LogP contribution is -2.40. The molecule has 2 heterocycles. The number of fused-ring (bicyclic) bond motifs is 2. The van der Waals surface area contributed by atoms with Crippen LogP contribution in [0, 0.1) is 5.41 Å². The molecule has 3 aliphatic rings. The van der Waals surface area contributed by atoms with Gasteiger partial charge in [0.2, 0.25) is 0 Å². The van der Waals surface area contributed by atoms with Crippen LogP contribution < -0.4 is 5.32 Å². The van der Waals surface area contributed by atoms with Crippen LogP contribution in [-0.4, -0.2) is 29.6 Å². The van der Waals surface area contributed by atoms with Crippen molar-refractivity contribution in [2.45, 2.75) is 32.6 Å². The van der Waals surface area contributed by atoms with Crippen LogP contribution in [0.15, 0.2) is 83.3 Å². The molecular formula is C26H26N2O2. The maximum Gasteiger partial charge on any atom is 0.193 e. The van der Waals surface area contributed by atoms with E-state index in [1.54, 1.807) is 0 Å². The highest BCUT2D eigenvalue weighted by molar-refractivity contribution is 6.13. The summed E-state index contributed by atoms with van der Waals surface area (Å²) in [5, 5.41) is 3.47. The number of ketones is 2. The van der Waals surface area contributed by atoms with Gasteiger partial charge in [0.1, 0.15) is 5.82 Å². The van der Waals surface area contributed by atoms with Gasteiger partial charge in [0.25, 0.3) is 0 Å². The second-order valence-electron chi connectivity index (χ2n) is 9.18. The summed E-state index contributed by atoms with van der Waals surface area (Å²) in [6.07, 6.45) is 1.36. The first-order valence-corrected chi connectivity index (χ1v) is 10.6. The van der Waals surface area contributed by atoms with Crippen LogP contribution in [0.5, 0.6) is 0 Å². The number of hydrogen-bond acceptors (Lipinski definition) is 4. The second kappa shape index (κ2) is 6.98. The Balaban J connectivity index is 1.75. The zero-order chi connectivity index (χ0) is 20.9. The summed E-state index contributed by atoms with van der Waals surface area (Å²) in [6, 6.07) is 19.4. The largest absolute Gasteiger partial charge is 0.369 e. The van der Waals surface area contributed by atoms with Gasteiger partial charge in [-0.25, -0.2) is 0 Å². The summed E-state index contributed by atoms with van der Waals surface area (Å²) in [7, 11) is 0. The van der Waals surface area contributed by atoms with Gasteiger partial charge in [-0.15, -0.1) is 0 Å². The third-order valence-electron chi connectivity index (χ3n) is 6.37. The maximum absolute atomic E-state index is 13.8. The fourth-order valence-electron chi connectivity index (χ4n) is 5.12. The van der Waals surface area contributed by atoms with E-state index in [9.17, 15) is 9.59 Å². The molecule has 1 N–H and O–H groups in total. The van der Waals surface area contributed by atoms with Gasteiger partial charge in [-0.2, -0.15) is 0 Å². The Morgan fingerprint density at radius 1 is 1.00 bits per heavy atom. The number of carbonyl (C=O) groups is 2. The number of nitrogens with zero attached hydrogens (tertiary/aromatic N) is 1. The van der Waals surface area contributed by atoms with Crippen LogP contribution in [0.2, 0.25) is 0 Å². The highest BCUT2D eigenvalue weighted by Crippen LogP contribution is 2.50. The van der Waals surface area contributed by atoms with Crippen molar-refractivity contribution in [2.75, 3.05) is 13.1 Å². The van der Waals surface area contributed by atoms with E-state index in [1.807, 2.05) is 60.7 Å². The van der Waals surface area contributed by atoms with Crippen LogP contribution in [-0.2, 0) is 4.79 Å². The number of rotatable bonds is 3. The molecule has 0 bridgehead atoms. The summed E-state index contributed by atoms with van der Waals surface area (Å²) in [6.45, 7) is 5.87. The number of allylic oxidation sites excluding steroid dienone is 3. The molecule has 152 valence electrons. The molecule has 2 aromatic rings. The van der Waals surface area contributed by atoms with E-state index in [4.69, 9.17) is 0 Å². The lowest BCUT2D eigenvalue weighted by atomic mass is 9.68. The van der Waals surface area contributed by atoms with Crippen LogP contribution in [0.1, 0.15) is 48.5 Å². The van der Waals surface area contributed by atoms with Gasteiger partial charge in [0, 0.05) is 42.3 Å². The van der Waals surface area contributed by atoms with E-state index < -0.39 is 0 Å². The van der Waals surface area contributed by atoms with Gasteiger partial charge in [-0.3, -0.25) is 9.59 Å². The molecule has 30 heavy (non-hydrogen) atoms. The van der Waals surface area contributed by atoms with Crippen molar-refractivity contribution >= 4 is 11.6 Å². The monoisotopic (exact) mass is 398 g/mol. The zero-order valence-corrected chi connectivity index (χ0v) is 17.4. The van der Waals surface area contributed by atoms with Crippen molar-refractivity contribution in [3.8, 4) is 0 Å². The number of nitrogens with one attached hydrogen (secondary N) is 1. The van der Waals surface area contributed by atoms with E-state index in [-0.39, 0.29) is 22.9 Å². The van der Waals surface area contributed by atoms with E-state index in [1.165, 1.54) is 0 Å². The van der Waals surface area contributed by atoms with Gasteiger partial charge in [0.15, 0.2) is 11.6 Å². The molecule has 2 aliphatic heterocycles. The molecule has 0 aromatic heterocycles. The zero-order valence-electron chi connectivity index (χ0n) is 17.4. The first kappa shape index (κ1) is 18.9. The first-order chi connectivity index (χ1) is 14.5. The fourth-order valence-corrected chi connectivity index (χ4v) is 5.12. The number of carbonyl (C=O) groups excluding carboxylic acids is 2. The fraction of sp³-hybridized carbons (Fsp3) is 0.308. The Morgan fingerprint density at radius 2 is 1.67 bits per heavy atom. The second-order valence-corrected chi connectivity index (χ2v) is 9.18. The highest BCUT2D eigenvalue weighted by atomic mass is 16.1. The average molecular weight is 399 g/mol. The standard InChI is InChI=1S/C26H26N2O2/c1-26(2)15-19-22(20(29)16-26)21(17-9-5-3-6-10-17)23(25-27-13-14-28(19)25)24(30)18-11-7-4-8-12-18/h3-12,21,27H,13-16H2,1-2H3. The van der Waals surface area contributed by atoms with E-state index in [0.717, 1.165) is 42.2 Å². The highest BCUT2D eigenvalue weighted by Gasteiger charge is 2.47. The molecule has 0 amide bonds. The van der Waals surface area contributed by atoms with E-state index in [2.05, 4.69) is 24.1 Å². The molecule has 4 heteroatoms. The summed E-state index contributed by atoms with van der Waals surface area (Å²) in [4.78, 5) is 29.5. The van der Waals surface area contributed by atoms with Gasteiger partial charge in [-0.1, -0.05) is 74.5 Å². The molecule has 1 atom stereocenters. The predicted molar refractivity (Wildman–Crippen MR) is 117 cm³/mol. The summed E-state index contributed by atoms with van der Waals surface area (Å²) < 4.78 is 0. The van der Waals surface area contributed by atoms with Crippen molar-refractivity contribution in [3.05, 3.63) is 94.5 Å². The van der Waals surface area contributed by atoms with Crippen molar-refractivity contribution in [3.63, 3.8) is 0 Å². The molecule has 5 rings (SSSR count). The Labute approximate surface area is 177 Å². The van der Waals surface area contributed by atoms with Crippen molar-refractivity contribution in [1.82, 2.24) is 10.2 Å². The normalized spacial score (nSPS) is 22.5. The molecule has 0 radical (unpaired) electrons. The Hall–Kier alpha value is -3.14. The van der Waals surface area contributed by atoms with Crippen molar-refractivity contribution in [2.24, 2.45) is 5.41 Å². The van der Waals surface area contributed by atoms with Gasteiger partial charge >= 0.3 is 0 Å². The minimum Gasteiger partial charge on any atom is -0.369 e. The molecular weight excluding hydrogens is 372 g/mol. The predicted octanol–water partition coefficient (Wildman–Crippen LogP) is 4.43. The number of benzene rings is 2. The average Bonchev–Trinajstić information content (AvgIpc) is 3.23. The van der Waals surface area contributed by atoms with Crippen LogP contribution in [0.4, 0.5) is 0 Å². The third kappa shape index (κ3) is 2.98. The van der Waals surface area contributed by atoms with Crippen LogP contribution in [0.25, 0.3) is 0 Å². The molecule has 0 saturated carbocycles. The lowest BCUT2D eigenvalue weighted by molar-refractivity contribution is -0.118. The van der Waals surface area contributed by atoms with Crippen LogP contribution >= 0.6 is 0 Å². The Morgan fingerprint density at radius 3 is 2.37 bits per heavy atom. The lowest BCUT2D eigenvalue weighted by Gasteiger charge is -2.43. The van der Waals surface area contributed by atoms with E-state index in [0.29, 0.717) is 17.6 Å². The molecule has 4 nitrogen and oxygen atoms in total. The van der Waals surface area contributed by atoms with Gasteiger partial charge in [0.05, 0.1) is 5.57 Å². The number of Topliss-reactive ketones (excluding diaryl/α,β-unsaturated/α-hetero) is 2. The molecule has 0 spiro atoms. The minimum atomic E-state index is -0.339. The van der Waals surface area contributed by atoms with Crippen LogP contribution in [0.3, 0.4) is 0 Å². The van der Waals surface area contributed by atoms with Crippen molar-refractivity contribution < 1.29 is 9.59 Å². The summed E-state index contributed by atoms with van der Waals surface area (Å²) in [5.74, 6) is 0.693. The minimum absolute atomic E-state index is 0.0111. The van der Waals surface area contributed by atoms with E-state index >= 15 is 0 Å². The molecule has 1 aliphatic carbocycles. The maximum atomic E-state index is 13.8. The molecule has 1 saturated heterocycles. The summed E-state index contributed by atoms with van der Waals surface area (Å²) in [5.41, 5.74) is 4.17. The third-order valence-corrected chi connectivity index (χ3v) is 6.37. The first-order valence-electron chi connectivity index (χ1n) is 10.6. The van der Waals surface area contributed by atoms with Crippen molar-refractivity contribution in [1.29, 1.82) is 0 Å². The Bertz CT molecular complexity index is 1080. The molecule has 1 fully saturated rings. The smallest absolute Gasteiger partial charge is 0.193 e. The topological polar surface area (TPSA) is 49.4 Å². The Kier molecular flexibility index (Phi) is 4.39. The summed E-state index contributed by atoms with van der Waals surface area (Å²) >= 11 is 0.